The van der Waals surface area contributed by atoms with E-state index in [1.807, 2.05) is 43.3 Å². The maximum Gasteiger partial charge on any atom is 0.146 e. The second kappa shape index (κ2) is 6.97. The Hall–Kier alpha value is -2.13. The molecule has 0 bridgehead atoms. The molecule has 120 valence electrons. The number of hydrogen-bond acceptors (Lipinski definition) is 2. The van der Waals surface area contributed by atoms with Gasteiger partial charge in [0.05, 0.1) is 12.3 Å². The van der Waals surface area contributed by atoms with Crippen molar-refractivity contribution in [2.75, 3.05) is 11.9 Å². The van der Waals surface area contributed by atoms with E-state index in [0.29, 0.717) is 17.3 Å². The second-order valence-corrected chi connectivity index (χ2v) is 6.21. The van der Waals surface area contributed by atoms with Crippen LogP contribution in [0.25, 0.3) is 0 Å². The molecule has 2 nitrogen and oxygen atoms in total. The van der Waals surface area contributed by atoms with Crippen LogP contribution in [0.15, 0.2) is 60.8 Å². The van der Waals surface area contributed by atoms with E-state index >= 15 is 0 Å². The van der Waals surface area contributed by atoms with Gasteiger partial charge in [0.2, 0.25) is 0 Å². The Labute approximate surface area is 137 Å². The minimum atomic E-state index is -0.286. The van der Waals surface area contributed by atoms with Crippen LogP contribution in [0.4, 0.5) is 10.1 Å². The molecule has 1 fully saturated rings. The zero-order valence-electron chi connectivity index (χ0n) is 13.4. The maximum atomic E-state index is 14.0. The summed E-state index contributed by atoms with van der Waals surface area (Å²) in [5, 5.41) is 2.97. The molecule has 0 radical (unpaired) electrons. The number of ether oxygens (including phenoxy) is 1. The van der Waals surface area contributed by atoms with Crippen molar-refractivity contribution in [1.82, 2.24) is 0 Å². The van der Waals surface area contributed by atoms with Crippen molar-refractivity contribution in [2.24, 2.45) is 5.92 Å². The molecule has 0 aromatic heterocycles. The van der Waals surface area contributed by atoms with Gasteiger partial charge >= 0.3 is 0 Å². The first kappa shape index (κ1) is 15.8. The predicted molar refractivity (Wildman–Crippen MR) is 91.8 cm³/mol. The van der Waals surface area contributed by atoms with Crippen LogP contribution in [0.3, 0.4) is 0 Å². The Morgan fingerprint density at radius 2 is 1.96 bits per heavy atom. The summed E-state index contributed by atoms with van der Waals surface area (Å²) in [4.78, 5) is 0. The first-order valence-electron chi connectivity index (χ1n) is 8.02. The summed E-state index contributed by atoms with van der Waals surface area (Å²) >= 11 is 0. The molecule has 1 unspecified atom stereocenters. The number of benzene rings is 2. The molecule has 3 rings (SSSR count). The number of halogens is 1. The normalized spacial score (nSPS) is 15.2. The molecule has 0 amide bonds. The number of nitrogens with one attached hydrogen (secondary N) is 1. The van der Waals surface area contributed by atoms with Crippen molar-refractivity contribution in [3.05, 3.63) is 77.8 Å². The number of hydrogen-bond donors (Lipinski definition) is 1. The van der Waals surface area contributed by atoms with E-state index in [2.05, 4.69) is 11.9 Å². The molecule has 2 aromatic rings. The molecule has 2 aromatic carbocycles. The summed E-state index contributed by atoms with van der Waals surface area (Å²) < 4.78 is 20.1. The lowest BCUT2D eigenvalue weighted by atomic mass is 10.0. The van der Waals surface area contributed by atoms with Gasteiger partial charge in [-0.3, -0.25) is 0 Å². The molecular weight excluding hydrogens is 289 g/mol. The fourth-order valence-electron chi connectivity index (χ4n) is 2.56. The van der Waals surface area contributed by atoms with E-state index in [0.717, 1.165) is 17.7 Å². The molecule has 1 N–H and O–H groups in total. The van der Waals surface area contributed by atoms with Crippen LogP contribution in [0, 0.1) is 11.7 Å². The highest BCUT2D eigenvalue weighted by Gasteiger charge is 2.24. The van der Waals surface area contributed by atoms with Crippen LogP contribution in [0.1, 0.15) is 37.0 Å². The van der Waals surface area contributed by atoms with Crippen molar-refractivity contribution in [2.45, 2.75) is 25.9 Å². The highest BCUT2D eigenvalue weighted by atomic mass is 19.1. The van der Waals surface area contributed by atoms with Gasteiger partial charge in [-0.25, -0.2) is 4.39 Å². The number of anilines is 1. The van der Waals surface area contributed by atoms with Gasteiger partial charge in [-0.05, 0) is 48.9 Å². The smallest absolute Gasteiger partial charge is 0.146 e. The Kier molecular flexibility index (Phi) is 4.77. The van der Waals surface area contributed by atoms with Gasteiger partial charge in [-0.1, -0.05) is 43.0 Å². The van der Waals surface area contributed by atoms with E-state index < -0.39 is 0 Å². The summed E-state index contributed by atoms with van der Waals surface area (Å²) in [5.41, 5.74) is 3.17. The maximum absolute atomic E-state index is 14.0. The van der Waals surface area contributed by atoms with E-state index in [9.17, 15) is 4.39 Å². The van der Waals surface area contributed by atoms with Crippen molar-refractivity contribution in [3.63, 3.8) is 0 Å². The van der Waals surface area contributed by atoms with Gasteiger partial charge in [0.15, 0.2) is 0 Å². The Balaban J connectivity index is 1.90. The summed E-state index contributed by atoms with van der Waals surface area (Å²) in [6.45, 7) is 6.34. The zero-order chi connectivity index (χ0) is 16.2. The molecule has 1 aliphatic rings. The largest absolute Gasteiger partial charge is 0.368 e. The summed E-state index contributed by atoms with van der Waals surface area (Å²) in [5.74, 6) is 0.389. The van der Waals surface area contributed by atoms with Crippen molar-refractivity contribution < 1.29 is 9.13 Å². The molecule has 23 heavy (non-hydrogen) atoms. The van der Waals surface area contributed by atoms with Gasteiger partial charge in [0, 0.05) is 5.70 Å². The van der Waals surface area contributed by atoms with Crippen molar-refractivity contribution in [1.29, 1.82) is 0 Å². The van der Waals surface area contributed by atoms with Crippen molar-refractivity contribution in [3.8, 4) is 0 Å². The Morgan fingerprint density at radius 1 is 1.22 bits per heavy atom. The number of allylic oxidation sites excluding steroid dienone is 1. The quantitative estimate of drug-likeness (QED) is 0.750. The molecular formula is C20H22FNO. The first-order valence-corrected chi connectivity index (χ1v) is 8.02. The third kappa shape index (κ3) is 4.20. The average Bonchev–Trinajstić information content (AvgIpc) is 3.35. The number of rotatable bonds is 7. The van der Waals surface area contributed by atoms with Crippen LogP contribution in [-0.4, -0.2) is 6.61 Å². The lowest BCUT2D eigenvalue weighted by molar-refractivity contribution is 0.0718. The van der Waals surface area contributed by atoms with Gasteiger partial charge < -0.3 is 10.1 Å². The van der Waals surface area contributed by atoms with Gasteiger partial charge in [-0.15, -0.1) is 0 Å². The minimum absolute atomic E-state index is 0.178. The monoisotopic (exact) mass is 311 g/mol. The van der Waals surface area contributed by atoms with E-state index in [1.54, 1.807) is 6.07 Å². The summed E-state index contributed by atoms with van der Waals surface area (Å²) in [6, 6.07) is 15.2. The Bertz CT molecular complexity index is 679. The SMILES string of the molecule is C=C(C)Nc1cc(C(OCC2CC2)c2ccccc2)ccc1F. The predicted octanol–water partition coefficient (Wildman–Crippen LogP) is 5.29. The fourth-order valence-corrected chi connectivity index (χ4v) is 2.56. The van der Waals surface area contributed by atoms with Gasteiger partial charge in [-0.2, -0.15) is 0 Å². The lowest BCUT2D eigenvalue weighted by Crippen LogP contribution is -2.09. The van der Waals surface area contributed by atoms with Gasteiger partial charge in [0.1, 0.15) is 11.9 Å². The molecule has 0 saturated heterocycles. The summed E-state index contributed by atoms with van der Waals surface area (Å²) in [6.07, 6.45) is 2.31. The molecule has 1 atom stereocenters. The molecule has 0 heterocycles. The Morgan fingerprint density at radius 3 is 2.61 bits per heavy atom. The van der Waals surface area contributed by atoms with Crippen LogP contribution in [0.5, 0.6) is 0 Å². The highest BCUT2D eigenvalue weighted by Crippen LogP contribution is 2.34. The van der Waals surface area contributed by atoms with Crippen LogP contribution >= 0.6 is 0 Å². The van der Waals surface area contributed by atoms with E-state index in [-0.39, 0.29) is 11.9 Å². The molecule has 1 aliphatic carbocycles. The van der Waals surface area contributed by atoms with Crippen LogP contribution in [-0.2, 0) is 4.74 Å². The topological polar surface area (TPSA) is 21.3 Å². The average molecular weight is 311 g/mol. The molecule has 1 saturated carbocycles. The molecule has 0 aliphatic heterocycles. The molecule has 0 spiro atoms. The third-order valence-electron chi connectivity index (χ3n) is 3.94. The fraction of sp³-hybridized carbons (Fsp3) is 0.300. The van der Waals surface area contributed by atoms with Gasteiger partial charge in [0.25, 0.3) is 0 Å². The van der Waals surface area contributed by atoms with Crippen LogP contribution in [0.2, 0.25) is 0 Å². The lowest BCUT2D eigenvalue weighted by Gasteiger charge is -2.20. The van der Waals surface area contributed by atoms with E-state index in [4.69, 9.17) is 4.74 Å². The first-order chi connectivity index (χ1) is 11.1. The van der Waals surface area contributed by atoms with Crippen molar-refractivity contribution >= 4 is 5.69 Å². The van der Waals surface area contributed by atoms with E-state index in [1.165, 1.54) is 18.9 Å². The standard InChI is InChI=1S/C20H22FNO/c1-14(2)22-19-12-17(10-11-18(19)21)20(23-13-15-8-9-15)16-6-4-3-5-7-16/h3-7,10-12,15,20,22H,1,8-9,13H2,2H3. The summed E-state index contributed by atoms with van der Waals surface area (Å²) in [7, 11) is 0. The second-order valence-electron chi connectivity index (χ2n) is 6.21. The molecule has 3 heteroatoms. The highest BCUT2D eigenvalue weighted by molar-refractivity contribution is 5.52. The third-order valence-corrected chi connectivity index (χ3v) is 3.94. The zero-order valence-corrected chi connectivity index (χ0v) is 13.4. The van der Waals surface area contributed by atoms with Crippen LogP contribution < -0.4 is 5.32 Å². The minimum Gasteiger partial charge on any atom is -0.368 e.